The zero-order valence-electron chi connectivity index (χ0n) is 20.6. The summed E-state index contributed by atoms with van der Waals surface area (Å²) in [6, 6.07) is 9.06. The number of aryl methyl sites for hydroxylation is 1. The molecule has 2 heteroatoms. The van der Waals surface area contributed by atoms with Crippen molar-refractivity contribution in [2.75, 3.05) is 0 Å². The van der Waals surface area contributed by atoms with Crippen molar-refractivity contribution in [3.63, 3.8) is 0 Å². The summed E-state index contributed by atoms with van der Waals surface area (Å²) in [5.74, 6) is 3.19. The van der Waals surface area contributed by atoms with Gasteiger partial charge in [0.2, 0.25) is 0 Å². The molecule has 2 nitrogen and oxygen atoms in total. The van der Waals surface area contributed by atoms with Crippen molar-refractivity contribution in [2.45, 2.75) is 103 Å². The highest BCUT2D eigenvalue weighted by Gasteiger charge is 2.27. The second-order valence-corrected chi connectivity index (χ2v) is 9.90. The molecule has 1 saturated carbocycles. The Morgan fingerprint density at radius 2 is 1.56 bits per heavy atom. The molecule has 1 fully saturated rings. The Morgan fingerprint density at radius 1 is 0.906 bits per heavy atom. The van der Waals surface area contributed by atoms with Gasteiger partial charge in [0.1, 0.15) is 0 Å². The normalized spacial score (nSPS) is 19.6. The lowest BCUT2D eigenvalue weighted by molar-refractivity contribution is 0.230. The fourth-order valence-corrected chi connectivity index (χ4v) is 5.43. The molecule has 0 saturated heterocycles. The lowest BCUT2D eigenvalue weighted by Crippen LogP contribution is -2.20. The van der Waals surface area contributed by atoms with Gasteiger partial charge in [0.25, 0.3) is 0 Å². The molecule has 0 bridgehead atoms. The number of unbranched alkanes of at least 4 members (excludes halogenated alkanes) is 4. The molecule has 174 valence electrons. The second-order valence-electron chi connectivity index (χ2n) is 9.90. The Kier molecular flexibility index (Phi) is 10.5. The highest BCUT2D eigenvalue weighted by molar-refractivity contribution is 5.55. The first kappa shape index (κ1) is 24.7. The van der Waals surface area contributed by atoms with Crippen LogP contribution in [0.2, 0.25) is 0 Å². The largest absolute Gasteiger partial charge is 0.236 e. The molecule has 1 atom stereocenters. The molecule has 1 unspecified atom stereocenters. The number of nitrogens with zero attached hydrogens (tertiary/aromatic N) is 2. The van der Waals surface area contributed by atoms with E-state index in [9.17, 15) is 0 Å². The van der Waals surface area contributed by atoms with Crippen LogP contribution in [0.4, 0.5) is 0 Å². The summed E-state index contributed by atoms with van der Waals surface area (Å²) in [5.41, 5.74) is 3.82. The number of allylic oxidation sites excluding steroid dienone is 1. The molecule has 1 heterocycles. The van der Waals surface area contributed by atoms with E-state index in [1.165, 1.54) is 81.8 Å². The van der Waals surface area contributed by atoms with E-state index in [0.29, 0.717) is 5.92 Å². The summed E-state index contributed by atoms with van der Waals surface area (Å²) in [6.45, 7) is 8.61. The number of hydrogen-bond donors (Lipinski definition) is 0. The van der Waals surface area contributed by atoms with E-state index in [1.807, 2.05) is 12.4 Å². The van der Waals surface area contributed by atoms with Crippen molar-refractivity contribution >= 4 is 0 Å². The summed E-state index contributed by atoms with van der Waals surface area (Å²) < 4.78 is 0. The van der Waals surface area contributed by atoms with Gasteiger partial charge in [0.05, 0.1) is 0 Å². The van der Waals surface area contributed by atoms with Crippen LogP contribution in [0.3, 0.4) is 0 Å². The van der Waals surface area contributed by atoms with Crippen LogP contribution in [0.1, 0.15) is 108 Å². The second kappa shape index (κ2) is 13.6. The van der Waals surface area contributed by atoms with Crippen LogP contribution in [-0.2, 0) is 6.42 Å². The molecule has 0 spiro atoms. The Labute approximate surface area is 197 Å². The molecule has 0 amide bonds. The minimum absolute atomic E-state index is 0.597. The van der Waals surface area contributed by atoms with Gasteiger partial charge < -0.3 is 0 Å². The van der Waals surface area contributed by atoms with Crippen LogP contribution in [-0.4, -0.2) is 9.97 Å². The highest BCUT2D eigenvalue weighted by atomic mass is 14.9. The van der Waals surface area contributed by atoms with Gasteiger partial charge in [-0.05, 0) is 61.0 Å². The zero-order valence-corrected chi connectivity index (χ0v) is 20.6. The van der Waals surface area contributed by atoms with Crippen LogP contribution >= 0.6 is 0 Å². The van der Waals surface area contributed by atoms with E-state index in [-0.39, 0.29) is 0 Å². The van der Waals surface area contributed by atoms with Gasteiger partial charge in [-0.15, -0.1) is 6.58 Å². The maximum atomic E-state index is 4.64. The summed E-state index contributed by atoms with van der Waals surface area (Å²) in [4.78, 5) is 9.28. The number of benzene rings is 1. The molecule has 2 aromatic rings. The van der Waals surface area contributed by atoms with Crippen LogP contribution in [0.25, 0.3) is 11.4 Å². The quantitative estimate of drug-likeness (QED) is 0.233. The summed E-state index contributed by atoms with van der Waals surface area (Å²) in [5, 5.41) is 0. The lowest BCUT2D eigenvalue weighted by atomic mass is 9.71. The molecular formula is C30H44N2. The van der Waals surface area contributed by atoms with Crippen molar-refractivity contribution in [1.29, 1.82) is 0 Å². The van der Waals surface area contributed by atoms with E-state index in [4.69, 9.17) is 0 Å². The van der Waals surface area contributed by atoms with E-state index < -0.39 is 0 Å². The molecule has 32 heavy (non-hydrogen) atoms. The zero-order chi connectivity index (χ0) is 22.6. The smallest absolute Gasteiger partial charge is 0.159 e. The minimum atomic E-state index is 0.597. The standard InChI is InChI=1S/C30H44N2/c1-4-7-9-12-24-14-16-26(17-15-24)29(11-6-3)27-18-20-28(21-19-27)30-31-22-25(23-32-30)13-10-8-5-2/h6,18-24,26,29H,3-5,7-17H2,1-2H3/t24-,26-,29?. The third kappa shape index (κ3) is 7.29. The maximum Gasteiger partial charge on any atom is 0.159 e. The average Bonchev–Trinajstić information content (AvgIpc) is 2.84. The summed E-state index contributed by atoms with van der Waals surface area (Å²) >= 11 is 0. The van der Waals surface area contributed by atoms with Crippen molar-refractivity contribution in [3.8, 4) is 11.4 Å². The minimum Gasteiger partial charge on any atom is -0.236 e. The molecule has 0 N–H and O–H groups in total. The average molecular weight is 433 g/mol. The van der Waals surface area contributed by atoms with Gasteiger partial charge in [0.15, 0.2) is 5.82 Å². The van der Waals surface area contributed by atoms with Crippen LogP contribution in [0.15, 0.2) is 49.3 Å². The molecule has 1 aliphatic rings. The first-order valence-corrected chi connectivity index (χ1v) is 13.3. The number of rotatable bonds is 13. The van der Waals surface area contributed by atoms with Gasteiger partial charge in [-0.3, -0.25) is 0 Å². The van der Waals surface area contributed by atoms with Gasteiger partial charge >= 0.3 is 0 Å². The molecule has 1 aliphatic carbocycles. The lowest BCUT2D eigenvalue weighted by Gasteiger charge is -2.34. The Bertz CT molecular complexity index is 769. The topological polar surface area (TPSA) is 25.8 Å². The van der Waals surface area contributed by atoms with E-state index in [2.05, 4.69) is 60.7 Å². The van der Waals surface area contributed by atoms with Crippen LogP contribution in [0, 0.1) is 11.8 Å². The van der Waals surface area contributed by atoms with Gasteiger partial charge in [0, 0.05) is 18.0 Å². The predicted octanol–water partition coefficient (Wildman–Crippen LogP) is 8.92. The van der Waals surface area contributed by atoms with Crippen molar-refractivity contribution < 1.29 is 0 Å². The van der Waals surface area contributed by atoms with E-state index >= 15 is 0 Å². The molecule has 1 aromatic heterocycles. The van der Waals surface area contributed by atoms with E-state index in [1.54, 1.807) is 0 Å². The van der Waals surface area contributed by atoms with Gasteiger partial charge in [-0.1, -0.05) is 95.6 Å². The summed E-state index contributed by atoms with van der Waals surface area (Å²) in [6.07, 6.45) is 23.2. The fourth-order valence-electron chi connectivity index (χ4n) is 5.43. The predicted molar refractivity (Wildman–Crippen MR) is 138 cm³/mol. The van der Waals surface area contributed by atoms with E-state index in [0.717, 1.165) is 36.1 Å². The van der Waals surface area contributed by atoms with Crippen molar-refractivity contribution in [1.82, 2.24) is 9.97 Å². The number of hydrogen-bond acceptors (Lipinski definition) is 2. The maximum absolute atomic E-state index is 4.64. The third-order valence-electron chi connectivity index (χ3n) is 7.47. The van der Waals surface area contributed by atoms with Crippen LogP contribution in [0.5, 0.6) is 0 Å². The number of aromatic nitrogens is 2. The monoisotopic (exact) mass is 432 g/mol. The Morgan fingerprint density at radius 3 is 2.19 bits per heavy atom. The third-order valence-corrected chi connectivity index (χ3v) is 7.47. The molecule has 0 aliphatic heterocycles. The molecular weight excluding hydrogens is 388 g/mol. The molecule has 0 radical (unpaired) electrons. The Hall–Kier alpha value is -1.96. The first-order chi connectivity index (χ1) is 15.7. The Balaban J connectivity index is 1.59. The van der Waals surface area contributed by atoms with Gasteiger partial charge in [-0.25, -0.2) is 9.97 Å². The fraction of sp³-hybridized carbons (Fsp3) is 0.600. The van der Waals surface area contributed by atoms with Crippen molar-refractivity contribution in [3.05, 3.63) is 60.4 Å². The molecule has 3 rings (SSSR count). The SMILES string of the molecule is C=CCC(c1ccc(-c2ncc(CCCCC)cn2)cc1)[C@H]1CC[C@H](CCCCC)CC1. The van der Waals surface area contributed by atoms with Crippen molar-refractivity contribution in [2.24, 2.45) is 11.8 Å². The first-order valence-electron chi connectivity index (χ1n) is 13.3. The van der Waals surface area contributed by atoms with Crippen LogP contribution < -0.4 is 0 Å². The highest BCUT2D eigenvalue weighted by Crippen LogP contribution is 2.41. The molecule has 1 aromatic carbocycles. The van der Waals surface area contributed by atoms with Gasteiger partial charge in [-0.2, -0.15) is 0 Å². The summed E-state index contributed by atoms with van der Waals surface area (Å²) in [7, 11) is 0.